The average Bonchev–Trinajstić information content (AvgIpc) is 3.04. The number of fused-ring (bicyclic) bond motifs is 1. The van der Waals surface area contributed by atoms with Crippen LogP contribution in [-0.2, 0) is 23.3 Å². The number of rotatable bonds is 7. The van der Waals surface area contributed by atoms with Gasteiger partial charge >= 0.3 is 5.97 Å². The molecule has 0 aliphatic heterocycles. The Kier molecular flexibility index (Phi) is 6.57. The van der Waals surface area contributed by atoms with E-state index < -0.39 is 14.0 Å². The van der Waals surface area contributed by atoms with Crippen LogP contribution in [0.1, 0.15) is 29.9 Å². The summed E-state index contributed by atoms with van der Waals surface area (Å²) in [6.07, 6.45) is 0. The summed E-state index contributed by atoms with van der Waals surface area (Å²) in [5, 5.41) is 1.04. The van der Waals surface area contributed by atoms with Crippen molar-refractivity contribution in [1.29, 1.82) is 0 Å². The number of benzene rings is 1. The van der Waals surface area contributed by atoms with Gasteiger partial charge in [0.15, 0.2) is 0 Å². The molecular formula is C24H32N2O4Si. The third kappa shape index (κ3) is 4.52. The number of esters is 1. The Morgan fingerprint density at radius 1 is 1.16 bits per heavy atom. The molecule has 0 saturated heterocycles. The van der Waals surface area contributed by atoms with E-state index in [0.29, 0.717) is 16.8 Å². The lowest BCUT2D eigenvalue weighted by Gasteiger charge is -2.26. The minimum absolute atomic E-state index is 0.0612. The highest BCUT2D eigenvalue weighted by Crippen LogP contribution is 2.27. The Balaban J connectivity index is 2.18. The van der Waals surface area contributed by atoms with Gasteiger partial charge in [-0.3, -0.25) is 9.36 Å². The minimum Gasteiger partial charge on any atom is -0.462 e. The number of aromatic nitrogens is 2. The van der Waals surface area contributed by atoms with Gasteiger partial charge in [-0.25, -0.2) is 4.79 Å². The number of aryl methyl sites for hydroxylation is 1. The lowest BCUT2D eigenvalue weighted by Crippen LogP contribution is -2.39. The van der Waals surface area contributed by atoms with Crippen LogP contribution < -0.4 is 5.56 Å². The number of hydrogen-bond donors (Lipinski definition) is 0. The summed E-state index contributed by atoms with van der Waals surface area (Å²) in [6.45, 7) is 12.6. The molecular weight excluding hydrogens is 408 g/mol. The van der Waals surface area contributed by atoms with Crippen LogP contribution in [0, 0.1) is 6.92 Å². The van der Waals surface area contributed by atoms with Gasteiger partial charge in [-0.15, -0.1) is 0 Å². The Bertz CT molecular complexity index is 1170. The monoisotopic (exact) mass is 440 g/mol. The lowest BCUT2D eigenvalue weighted by molar-refractivity contribution is 0.0491. The van der Waals surface area contributed by atoms with E-state index in [1.165, 1.54) is 0 Å². The number of pyridine rings is 1. The lowest BCUT2D eigenvalue weighted by atomic mass is 10.1. The first-order valence-electron chi connectivity index (χ1n) is 10.6. The van der Waals surface area contributed by atoms with Crippen molar-refractivity contribution < 1.29 is 14.3 Å². The molecule has 0 amide bonds. The van der Waals surface area contributed by atoms with Crippen LogP contribution in [0.2, 0.25) is 19.6 Å². The standard InChI is InChI=1S/C24H32N2O4Si/c1-8-29-24(28)19-14-20(22-13-18-11-9-10-12-21(18)25(22)4)23(27)26(16(19)2)15-30-17(3)31(5,6)7/h9-14,17H,8,15H2,1-7H3. The van der Waals surface area contributed by atoms with E-state index in [2.05, 4.69) is 19.6 Å². The number of ether oxygens (including phenoxy) is 2. The number of para-hydroxylation sites is 1. The van der Waals surface area contributed by atoms with E-state index in [1.54, 1.807) is 24.5 Å². The zero-order valence-corrected chi connectivity index (χ0v) is 20.5. The Labute approximate surface area is 184 Å². The summed E-state index contributed by atoms with van der Waals surface area (Å²) in [5.41, 5.74) is 3.04. The molecule has 3 aromatic rings. The molecule has 2 heterocycles. The van der Waals surface area contributed by atoms with Crippen LogP contribution in [0.5, 0.6) is 0 Å². The predicted molar refractivity (Wildman–Crippen MR) is 127 cm³/mol. The quantitative estimate of drug-likeness (QED) is 0.393. The molecule has 1 atom stereocenters. The third-order valence-electron chi connectivity index (χ3n) is 5.96. The van der Waals surface area contributed by atoms with Crippen molar-refractivity contribution >= 4 is 24.9 Å². The number of carbonyl (C=O) groups is 1. The molecule has 0 aliphatic rings. The molecule has 2 aromatic heterocycles. The van der Waals surface area contributed by atoms with Crippen LogP contribution in [0.4, 0.5) is 0 Å². The van der Waals surface area contributed by atoms with Crippen molar-refractivity contribution in [2.45, 2.75) is 52.9 Å². The van der Waals surface area contributed by atoms with E-state index in [1.807, 2.05) is 48.9 Å². The van der Waals surface area contributed by atoms with Crippen molar-refractivity contribution in [2.24, 2.45) is 7.05 Å². The van der Waals surface area contributed by atoms with Crippen LogP contribution in [-0.4, -0.2) is 35.5 Å². The zero-order valence-electron chi connectivity index (χ0n) is 19.5. The van der Waals surface area contributed by atoms with E-state index in [9.17, 15) is 9.59 Å². The molecule has 166 valence electrons. The van der Waals surface area contributed by atoms with Gasteiger partial charge in [0.2, 0.25) is 0 Å². The molecule has 7 heteroatoms. The SMILES string of the molecule is CCOC(=O)c1cc(-c2cc3ccccc3n2C)c(=O)n(COC(C)[Si](C)(C)C)c1C. The van der Waals surface area contributed by atoms with Gasteiger partial charge in [-0.2, -0.15) is 0 Å². The van der Waals surface area contributed by atoms with Crippen molar-refractivity contribution in [2.75, 3.05) is 6.61 Å². The molecule has 0 aliphatic carbocycles. The summed E-state index contributed by atoms with van der Waals surface area (Å²) < 4.78 is 14.9. The van der Waals surface area contributed by atoms with Gasteiger partial charge in [0.1, 0.15) is 6.73 Å². The van der Waals surface area contributed by atoms with E-state index in [4.69, 9.17) is 9.47 Å². The average molecular weight is 441 g/mol. The van der Waals surface area contributed by atoms with Gasteiger partial charge in [0.05, 0.1) is 31.5 Å². The summed E-state index contributed by atoms with van der Waals surface area (Å²) >= 11 is 0. The van der Waals surface area contributed by atoms with E-state index in [0.717, 1.165) is 16.6 Å². The highest BCUT2D eigenvalue weighted by molar-refractivity contribution is 6.77. The summed E-state index contributed by atoms with van der Waals surface area (Å²) in [4.78, 5) is 26.2. The molecule has 0 saturated carbocycles. The fourth-order valence-electron chi connectivity index (χ4n) is 3.49. The Morgan fingerprint density at radius 2 is 1.84 bits per heavy atom. The maximum atomic E-state index is 13.5. The minimum atomic E-state index is -1.54. The van der Waals surface area contributed by atoms with Crippen LogP contribution >= 0.6 is 0 Å². The van der Waals surface area contributed by atoms with Crippen LogP contribution in [0.25, 0.3) is 22.2 Å². The predicted octanol–water partition coefficient (Wildman–Crippen LogP) is 4.73. The molecule has 0 fully saturated rings. The second-order valence-corrected chi connectivity index (χ2v) is 14.5. The molecule has 0 spiro atoms. The van der Waals surface area contributed by atoms with Crippen molar-refractivity contribution in [1.82, 2.24) is 9.13 Å². The fraction of sp³-hybridized carbons (Fsp3) is 0.417. The first-order chi connectivity index (χ1) is 14.6. The topological polar surface area (TPSA) is 62.5 Å². The first-order valence-corrected chi connectivity index (χ1v) is 14.2. The number of hydrogen-bond acceptors (Lipinski definition) is 4. The summed E-state index contributed by atoms with van der Waals surface area (Å²) in [6, 6.07) is 11.6. The normalized spacial score (nSPS) is 12.9. The number of nitrogens with zero attached hydrogens (tertiary/aromatic N) is 2. The molecule has 3 rings (SSSR count). The maximum absolute atomic E-state index is 13.5. The summed E-state index contributed by atoms with van der Waals surface area (Å²) in [5.74, 6) is -0.438. The fourth-order valence-corrected chi connectivity index (χ4v) is 4.07. The molecule has 6 nitrogen and oxygen atoms in total. The van der Waals surface area contributed by atoms with Crippen molar-refractivity contribution in [3.8, 4) is 11.3 Å². The van der Waals surface area contributed by atoms with Gasteiger partial charge in [-0.05, 0) is 39.0 Å². The van der Waals surface area contributed by atoms with Gasteiger partial charge in [-0.1, -0.05) is 37.8 Å². The van der Waals surface area contributed by atoms with Crippen LogP contribution in [0.15, 0.2) is 41.2 Å². The molecule has 0 N–H and O–H groups in total. The second kappa shape index (κ2) is 8.84. The van der Waals surface area contributed by atoms with Crippen molar-refractivity contribution in [3.63, 3.8) is 0 Å². The molecule has 1 unspecified atom stereocenters. The molecule has 1 aromatic carbocycles. The van der Waals surface area contributed by atoms with Crippen molar-refractivity contribution in [3.05, 3.63) is 58.0 Å². The highest BCUT2D eigenvalue weighted by atomic mass is 28.3. The molecule has 0 bridgehead atoms. The molecule has 31 heavy (non-hydrogen) atoms. The Morgan fingerprint density at radius 3 is 2.45 bits per heavy atom. The Hall–Kier alpha value is -2.64. The zero-order chi connectivity index (χ0) is 22.9. The smallest absolute Gasteiger partial charge is 0.339 e. The summed E-state index contributed by atoms with van der Waals surface area (Å²) in [7, 11) is 0.386. The maximum Gasteiger partial charge on any atom is 0.339 e. The molecule has 0 radical (unpaired) electrons. The van der Waals surface area contributed by atoms with Gasteiger partial charge in [0, 0.05) is 29.4 Å². The van der Waals surface area contributed by atoms with E-state index in [-0.39, 0.29) is 24.6 Å². The first kappa shape index (κ1) is 23.0. The van der Waals surface area contributed by atoms with Gasteiger partial charge < -0.3 is 14.0 Å². The second-order valence-electron chi connectivity index (χ2n) is 8.96. The third-order valence-corrected chi connectivity index (χ3v) is 8.56. The van der Waals surface area contributed by atoms with Gasteiger partial charge in [0.25, 0.3) is 5.56 Å². The number of carbonyl (C=O) groups excluding carboxylic acids is 1. The largest absolute Gasteiger partial charge is 0.462 e. The van der Waals surface area contributed by atoms with E-state index >= 15 is 0 Å². The highest BCUT2D eigenvalue weighted by Gasteiger charge is 2.25. The van der Waals surface area contributed by atoms with Crippen LogP contribution in [0.3, 0.4) is 0 Å².